The van der Waals surface area contributed by atoms with E-state index in [4.69, 9.17) is 0 Å². The maximum atomic E-state index is 3.35. The molecular formula is C36H52BrN2NdSi4. The molecule has 0 N–H and O–H groups in total. The summed E-state index contributed by atoms with van der Waals surface area (Å²) in [7, 11) is -7.13. The van der Waals surface area contributed by atoms with Gasteiger partial charge in [0, 0.05) is 0 Å². The van der Waals surface area contributed by atoms with Gasteiger partial charge in [0.25, 0.3) is 0 Å². The third kappa shape index (κ3) is 10.8. The van der Waals surface area contributed by atoms with E-state index in [1.54, 1.807) is 0 Å². The minimum Gasteiger partial charge on any atom is -1.00 e. The summed E-state index contributed by atoms with van der Waals surface area (Å²) in [6.45, 7) is 21.6. The normalized spacial score (nSPS) is 12.6. The average Bonchev–Trinajstić information content (AvgIpc) is 2.94. The first kappa shape index (κ1) is 38.0. The van der Waals surface area contributed by atoms with Gasteiger partial charge in [-0.1, -0.05) is 0 Å². The van der Waals surface area contributed by atoms with Crippen LogP contribution in [-0.4, -0.2) is 33.6 Å². The Hall–Kier alpha value is -0.502. The first-order chi connectivity index (χ1) is 20.3. The molecule has 8 heteroatoms. The van der Waals surface area contributed by atoms with Gasteiger partial charge in [-0.05, 0) is 0 Å². The van der Waals surface area contributed by atoms with Gasteiger partial charge >= 0.3 is 291 Å². The maximum Gasteiger partial charge on any atom is -1.00 e. The molecular weight excluding hydrogens is 797 g/mol. The molecule has 4 aromatic carbocycles. The van der Waals surface area contributed by atoms with Gasteiger partial charge in [-0.15, -0.1) is 0 Å². The third-order valence-electron chi connectivity index (χ3n) is 8.54. The standard InChI is InChI=1S/2C18H26NSi2.BrH.Nd/c2*1-20(2,15-17-11-7-5-8-12-17)19-21(3,4)16-18-13-9-6-10-14-18;;/h2*5-14H,15-16H2,1-4H3;1H;/q2*-1;;+3/p-1. The van der Waals surface area contributed by atoms with Crippen molar-refractivity contribution in [1.29, 1.82) is 0 Å². The van der Waals surface area contributed by atoms with Crippen LogP contribution in [0.15, 0.2) is 121 Å². The summed E-state index contributed by atoms with van der Waals surface area (Å²) in [6.07, 6.45) is 0. The summed E-state index contributed by atoms with van der Waals surface area (Å²) in [5, 5.41) is 0. The summed E-state index contributed by atoms with van der Waals surface area (Å²) in [4.78, 5) is 0. The van der Waals surface area contributed by atoms with Crippen LogP contribution in [-0.2, 0) is 24.2 Å². The van der Waals surface area contributed by atoms with E-state index in [1.807, 2.05) is 0 Å². The number of halogens is 1. The second-order valence-electron chi connectivity index (χ2n) is 14.7. The Morgan fingerprint density at radius 1 is 0.364 bits per heavy atom. The van der Waals surface area contributed by atoms with E-state index in [0.717, 1.165) is 0 Å². The quantitative estimate of drug-likeness (QED) is 0.135. The number of benzene rings is 4. The van der Waals surface area contributed by atoms with Crippen LogP contribution >= 0.6 is 0 Å². The van der Waals surface area contributed by atoms with E-state index in [9.17, 15) is 0 Å². The fraction of sp³-hybridized carbons (Fsp3) is 0.333. The summed E-state index contributed by atoms with van der Waals surface area (Å²) >= 11 is -1.46. The first-order valence-corrected chi connectivity index (χ1v) is 31.3. The number of rotatable bonds is 14. The smallest absolute Gasteiger partial charge is 1.00 e. The van der Waals surface area contributed by atoms with Gasteiger partial charge in [-0.2, -0.15) is 0 Å². The zero-order valence-corrected chi connectivity index (χ0v) is 36.9. The molecule has 2 nitrogen and oxygen atoms in total. The maximum absolute atomic E-state index is 3.35. The van der Waals surface area contributed by atoms with E-state index < -0.39 is 70.4 Å². The summed E-state index contributed by atoms with van der Waals surface area (Å²) in [6, 6.07) is 50.4. The Bertz CT molecular complexity index is 1190. The fourth-order valence-electron chi connectivity index (χ4n) is 6.98. The van der Waals surface area contributed by atoms with Crippen LogP contribution in [0.4, 0.5) is 0 Å². The summed E-state index contributed by atoms with van der Waals surface area (Å²) in [5.74, 6) is 0. The molecule has 0 atom stereocenters. The molecule has 0 radical (unpaired) electrons. The SMILES string of the molecule is C[Si](C)(Cc1ccccc1)[N]([Nd+][N]([Si](C)(C)Cc1ccccc1)[Si](C)(C)Cc1ccccc1)[Si](C)(C)Cc1ccccc1.[Br-]. The van der Waals surface area contributed by atoms with Gasteiger partial charge in [0.1, 0.15) is 0 Å². The van der Waals surface area contributed by atoms with E-state index in [2.05, 4.69) is 174 Å². The second kappa shape index (κ2) is 16.6. The van der Waals surface area contributed by atoms with Crippen molar-refractivity contribution in [2.45, 2.75) is 76.6 Å². The second-order valence-corrected chi connectivity index (χ2v) is 42.5. The first-order valence-electron chi connectivity index (χ1n) is 15.8. The molecule has 0 unspecified atom stereocenters. The number of hydrogen-bond acceptors (Lipinski definition) is 2. The predicted molar refractivity (Wildman–Crippen MR) is 194 cm³/mol. The topological polar surface area (TPSA) is 6.48 Å². The Morgan fingerprint density at radius 3 is 0.727 bits per heavy atom. The van der Waals surface area contributed by atoms with Crippen LogP contribution in [0.5, 0.6) is 0 Å². The van der Waals surface area contributed by atoms with E-state index in [1.165, 1.54) is 46.4 Å². The van der Waals surface area contributed by atoms with Crippen molar-refractivity contribution in [1.82, 2.24) is 0.627 Å². The molecule has 0 saturated carbocycles. The molecule has 0 aliphatic carbocycles. The Labute approximate surface area is 304 Å². The molecule has 0 spiro atoms. The minimum atomic E-state index is -1.78. The van der Waals surface area contributed by atoms with E-state index in [-0.39, 0.29) is 17.0 Å². The van der Waals surface area contributed by atoms with Gasteiger partial charge in [-0.25, -0.2) is 0 Å². The van der Waals surface area contributed by atoms with Gasteiger partial charge in [0.15, 0.2) is 0 Å². The van der Waals surface area contributed by atoms with Crippen LogP contribution in [0.25, 0.3) is 0 Å². The molecule has 0 fully saturated rings. The van der Waals surface area contributed by atoms with Crippen LogP contribution in [0.1, 0.15) is 22.3 Å². The zero-order chi connectivity index (χ0) is 31.1. The third-order valence-corrected chi connectivity index (χ3v) is 53.3. The molecule has 44 heavy (non-hydrogen) atoms. The van der Waals surface area contributed by atoms with Crippen molar-refractivity contribution in [3.8, 4) is 0 Å². The summed E-state index contributed by atoms with van der Waals surface area (Å²) in [5.41, 5.74) is 6.08. The molecule has 0 saturated heterocycles. The van der Waals surface area contributed by atoms with Crippen molar-refractivity contribution < 1.29 is 54.5 Å². The van der Waals surface area contributed by atoms with Gasteiger partial charge in [-0.3, -0.25) is 0 Å². The predicted octanol–water partition coefficient (Wildman–Crippen LogP) is 6.46. The van der Waals surface area contributed by atoms with Crippen LogP contribution in [0, 0.1) is 37.5 Å². The Morgan fingerprint density at radius 2 is 0.545 bits per heavy atom. The minimum absolute atomic E-state index is 0. The largest absolute Gasteiger partial charge is 1.00 e. The van der Waals surface area contributed by atoms with Crippen molar-refractivity contribution >= 4 is 32.9 Å². The number of hydrogen-bond donors (Lipinski definition) is 0. The molecule has 0 aromatic heterocycles. The van der Waals surface area contributed by atoms with Crippen LogP contribution in [0.3, 0.4) is 0 Å². The van der Waals surface area contributed by atoms with Gasteiger partial charge in [0.2, 0.25) is 0 Å². The molecule has 233 valence electrons. The van der Waals surface area contributed by atoms with Crippen molar-refractivity contribution in [2.75, 3.05) is 0 Å². The molecule has 4 rings (SSSR count). The van der Waals surface area contributed by atoms with Crippen molar-refractivity contribution in [2.24, 2.45) is 0 Å². The average molecular weight is 849 g/mol. The monoisotopic (exact) mass is 845 g/mol. The van der Waals surface area contributed by atoms with E-state index >= 15 is 0 Å². The van der Waals surface area contributed by atoms with Crippen LogP contribution < -0.4 is 17.0 Å². The van der Waals surface area contributed by atoms with E-state index in [0.29, 0.717) is 0 Å². The van der Waals surface area contributed by atoms with Crippen molar-refractivity contribution in [3.63, 3.8) is 0 Å². The summed E-state index contributed by atoms with van der Waals surface area (Å²) < 4.78 is 6.69. The Balaban J connectivity index is 0.00000529. The molecule has 0 heterocycles. The molecule has 0 bridgehead atoms. The van der Waals surface area contributed by atoms with Gasteiger partial charge in [0.05, 0.1) is 0 Å². The molecule has 0 aliphatic rings. The number of nitrogens with zero attached hydrogens (tertiary/aromatic N) is 2. The molecule has 0 aliphatic heterocycles. The zero-order valence-electron chi connectivity index (χ0n) is 28.1. The van der Waals surface area contributed by atoms with Crippen LogP contribution in [0.2, 0.25) is 52.4 Å². The van der Waals surface area contributed by atoms with Crippen molar-refractivity contribution in [3.05, 3.63) is 144 Å². The molecule has 4 aromatic rings. The molecule has 0 amide bonds. The Kier molecular flexibility index (Phi) is 14.3. The van der Waals surface area contributed by atoms with Gasteiger partial charge < -0.3 is 17.0 Å². The fourth-order valence-corrected chi connectivity index (χ4v) is 47.7.